The van der Waals surface area contributed by atoms with Crippen molar-refractivity contribution in [2.24, 2.45) is 0 Å². The molecule has 0 aliphatic heterocycles. The van der Waals surface area contributed by atoms with Crippen molar-refractivity contribution >= 4 is 39.2 Å². The summed E-state index contributed by atoms with van der Waals surface area (Å²) in [6, 6.07) is 8.57. The third-order valence-corrected chi connectivity index (χ3v) is 5.97. The minimum atomic E-state index is -4.51. The third kappa shape index (κ3) is 4.01. The minimum absolute atomic E-state index is 0.0216. The highest BCUT2D eigenvalue weighted by Crippen LogP contribution is 2.38. The van der Waals surface area contributed by atoms with E-state index in [0.29, 0.717) is 10.9 Å². The number of nitrogens with one attached hydrogen (secondary N) is 2. The second kappa shape index (κ2) is 8.04. The number of rotatable bonds is 5. The molecule has 0 bridgehead atoms. The molecule has 4 rings (SSSR count). The molecule has 0 fully saturated rings. The number of anilines is 1. The lowest BCUT2D eigenvalue weighted by Crippen LogP contribution is -2.10. The Hall–Kier alpha value is -2.98. The van der Waals surface area contributed by atoms with E-state index < -0.39 is 17.3 Å². The zero-order valence-electron chi connectivity index (χ0n) is 15.4. The van der Waals surface area contributed by atoms with Crippen LogP contribution < -0.4 is 15.0 Å². The molecule has 2 aromatic carbocycles. The number of pyridine rings is 1. The minimum Gasteiger partial charge on any atom is -0.496 e. The van der Waals surface area contributed by atoms with Gasteiger partial charge >= 0.3 is 6.18 Å². The van der Waals surface area contributed by atoms with Gasteiger partial charge in [-0.3, -0.25) is 4.79 Å². The molecule has 0 radical (unpaired) electrons. The first-order chi connectivity index (χ1) is 14.4. The van der Waals surface area contributed by atoms with Crippen molar-refractivity contribution in [1.82, 2.24) is 9.97 Å². The van der Waals surface area contributed by atoms with Gasteiger partial charge in [0.25, 0.3) is 5.56 Å². The monoisotopic (exact) mass is 449 g/mol. The first-order valence-corrected chi connectivity index (χ1v) is 10.3. The second-order valence-electron chi connectivity index (χ2n) is 6.20. The lowest BCUT2D eigenvalue weighted by atomic mass is 9.98. The zero-order chi connectivity index (χ0) is 21.3. The molecule has 0 amide bonds. The maximum atomic E-state index is 13.1. The standard InChI is InChI=1S/C20H14F3N3O2S2/c1-28-16-9-12(20(21,22)23)2-4-15(16)17-14-5-3-13(8-11(14)10-25-18(17)27)30-26-19-24-6-7-29-19/h2-10H,1H3,(H,24,26)(H,25,27). The fourth-order valence-electron chi connectivity index (χ4n) is 3.01. The molecule has 0 spiro atoms. The quantitative estimate of drug-likeness (QED) is 0.377. The fourth-order valence-corrected chi connectivity index (χ4v) is 4.28. The van der Waals surface area contributed by atoms with Crippen LogP contribution in [0.1, 0.15) is 5.56 Å². The van der Waals surface area contributed by atoms with Crippen LogP contribution in [-0.4, -0.2) is 17.1 Å². The Morgan fingerprint density at radius 1 is 1.20 bits per heavy atom. The average molecular weight is 449 g/mol. The molecule has 154 valence electrons. The van der Waals surface area contributed by atoms with Gasteiger partial charge in [-0.05, 0) is 53.1 Å². The van der Waals surface area contributed by atoms with Crippen molar-refractivity contribution < 1.29 is 17.9 Å². The van der Waals surface area contributed by atoms with Gasteiger partial charge in [0, 0.05) is 28.2 Å². The van der Waals surface area contributed by atoms with Gasteiger partial charge in [-0.1, -0.05) is 6.07 Å². The first-order valence-electron chi connectivity index (χ1n) is 8.60. The number of benzene rings is 2. The molecule has 0 saturated carbocycles. The Labute approximate surface area is 177 Å². The molecule has 2 aromatic heterocycles. The summed E-state index contributed by atoms with van der Waals surface area (Å²) in [7, 11) is 1.28. The SMILES string of the molecule is COc1cc(C(F)(F)F)ccc1-c1c(=O)[nH]cc2cc(SNc3nccs3)ccc12. The number of methoxy groups -OCH3 is 1. The van der Waals surface area contributed by atoms with Crippen LogP contribution in [0.4, 0.5) is 18.3 Å². The summed E-state index contributed by atoms with van der Waals surface area (Å²) in [5.41, 5.74) is -0.713. The predicted octanol–water partition coefficient (Wildman–Crippen LogP) is 5.80. The maximum absolute atomic E-state index is 13.1. The topological polar surface area (TPSA) is 67.0 Å². The van der Waals surface area contributed by atoms with E-state index in [9.17, 15) is 18.0 Å². The molecule has 0 atom stereocenters. The Balaban J connectivity index is 1.77. The van der Waals surface area contributed by atoms with Crippen molar-refractivity contribution in [3.63, 3.8) is 0 Å². The van der Waals surface area contributed by atoms with Gasteiger partial charge in [0.15, 0.2) is 5.13 Å². The highest BCUT2D eigenvalue weighted by Gasteiger charge is 2.31. The highest BCUT2D eigenvalue weighted by atomic mass is 32.2. The van der Waals surface area contributed by atoms with E-state index in [1.54, 1.807) is 18.5 Å². The third-order valence-electron chi connectivity index (χ3n) is 4.36. The largest absolute Gasteiger partial charge is 0.496 e. The summed E-state index contributed by atoms with van der Waals surface area (Å²) in [4.78, 5) is 20.3. The summed E-state index contributed by atoms with van der Waals surface area (Å²) in [5.74, 6) is -0.0216. The van der Waals surface area contributed by atoms with Crippen LogP contribution in [0.2, 0.25) is 0 Å². The Bertz CT molecular complexity index is 1250. The number of ether oxygens (including phenoxy) is 1. The number of aromatic amines is 1. The van der Waals surface area contributed by atoms with Crippen molar-refractivity contribution in [1.29, 1.82) is 0 Å². The van der Waals surface area contributed by atoms with E-state index in [4.69, 9.17) is 4.74 Å². The number of alkyl halides is 3. The van der Waals surface area contributed by atoms with E-state index in [0.717, 1.165) is 27.5 Å². The normalized spacial score (nSPS) is 11.6. The summed E-state index contributed by atoms with van der Waals surface area (Å²) in [5, 5.41) is 3.96. The summed E-state index contributed by atoms with van der Waals surface area (Å²) in [6.45, 7) is 0. The maximum Gasteiger partial charge on any atom is 0.416 e. The van der Waals surface area contributed by atoms with Crippen molar-refractivity contribution in [2.75, 3.05) is 11.8 Å². The Kier molecular flexibility index (Phi) is 5.44. The molecule has 0 aliphatic rings. The van der Waals surface area contributed by atoms with E-state index >= 15 is 0 Å². The van der Waals surface area contributed by atoms with Crippen LogP contribution >= 0.6 is 23.3 Å². The molecule has 0 aliphatic carbocycles. The number of H-pyrrole nitrogens is 1. The molecule has 0 saturated heterocycles. The Morgan fingerprint density at radius 2 is 2.03 bits per heavy atom. The molecule has 30 heavy (non-hydrogen) atoms. The molecular weight excluding hydrogens is 435 g/mol. The van der Waals surface area contributed by atoms with Gasteiger partial charge in [-0.25, -0.2) is 4.98 Å². The number of hydrogen-bond acceptors (Lipinski definition) is 6. The van der Waals surface area contributed by atoms with Crippen LogP contribution in [0.25, 0.3) is 21.9 Å². The lowest BCUT2D eigenvalue weighted by molar-refractivity contribution is -0.137. The fraction of sp³-hybridized carbons (Fsp3) is 0.100. The van der Waals surface area contributed by atoms with Crippen LogP contribution in [0.15, 0.2) is 63.9 Å². The summed E-state index contributed by atoms with van der Waals surface area (Å²) < 4.78 is 47.5. The van der Waals surface area contributed by atoms with Crippen molar-refractivity contribution in [3.8, 4) is 16.9 Å². The van der Waals surface area contributed by atoms with Crippen LogP contribution in [0, 0.1) is 0 Å². The van der Waals surface area contributed by atoms with E-state index in [2.05, 4.69) is 14.7 Å². The molecule has 2 N–H and O–H groups in total. The molecule has 0 unspecified atom stereocenters. The van der Waals surface area contributed by atoms with Gasteiger partial charge < -0.3 is 14.4 Å². The van der Waals surface area contributed by atoms with E-state index in [1.807, 2.05) is 17.5 Å². The van der Waals surface area contributed by atoms with E-state index in [-0.39, 0.29) is 11.3 Å². The predicted molar refractivity (Wildman–Crippen MR) is 113 cm³/mol. The number of hydrogen-bond donors (Lipinski definition) is 2. The summed E-state index contributed by atoms with van der Waals surface area (Å²) in [6.07, 6.45) is -1.23. The van der Waals surface area contributed by atoms with E-state index in [1.165, 1.54) is 36.5 Å². The van der Waals surface area contributed by atoms with Crippen LogP contribution in [-0.2, 0) is 6.18 Å². The number of halogens is 3. The van der Waals surface area contributed by atoms with Crippen molar-refractivity contribution in [3.05, 3.63) is 70.1 Å². The van der Waals surface area contributed by atoms with Gasteiger partial charge in [0.05, 0.1) is 18.2 Å². The smallest absolute Gasteiger partial charge is 0.416 e. The first kappa shape index (κ1) is 20.3. The number of nitrogens with zero attached hydrogens (tertiary/aromatic N) is 1. The van der Waals surface area contributed by atoms with Gasteiger partial charge in [-0.15, -0.1) is 11.3 Å². The molecule has 10 heteroatoms. The van der Waals surface area contributed by atoms with Crippen LogP contribution in [0.5, 0.6) is 5.75 Å². The Morgan fingerprint density at radius 3 is 2.73 bits per heavy atom. The molecule has 5 nitrogen and oxygen atoms in total. The number of aromatic nitrogens is 2. The van der Waals surface area contributed by atoms with Gasteiger partial charge in [0.1, 0.15) is 5.75 Å². The average Bonchev–Trinajstić information content (AvgIpc) is 3.25. The van der Waals surface area contributed by atoms with Gasteiger partial charge in [-0.2, -0.15) is 13.2 Å². The second-order valence-corrected chi connectivity index (χ2v) is 7.97. The lowest BCUT2D eigenvalue weighted by Gasteiger charge is -2.14. The molecule has 2 heterocycles. The summed E-state index contributed by atoms with van der Waals surface area (Å²) >= 11 is 2.84. The molecular formula is C20H14F3N3O2S2. The molecule has 4 aromatic rings. The number of fused-ring (bicyclic) bond motifs is 1. The van der Waals surface area contributed by atoms with Crippen molar-refractivity contribution in [2.45, 2.75) is 11.1 Å². The van der Waals surface area contributed by atoms with Crippen LogP contribution in [0.3, 0.4) is 0 Å². The highest BCUT2D eigenvalue weighted by molar-refractivity contribution is 8.00. The number of thiazole rings is 1. The zero-order valence-corrected chi connectivity index (χ0v) is 17.0. The van der Waals surface area contributed by atoms with Gasteiger partial charge in [0.2, 0.25) is 0 Å².